The fourth-order valence-corrected chi connectivity index (χ4v) is 4.62. The van der Waals surface area contributed by atoms with Crippen molar-refractivity contribution in [1.82, 2.24) is 30.0 Å². The Morgan fingerprint density at radius 1 is 1.14 bits per heavy atom. The summed E-state index contributed by atoms with van der Waals surface area (Å²) in [6, 6.07) is 4.20. The van der Waals surface area contributed by atoms with Crippen LogP contribution < -0.4 is 5.32 Å². The number of likely N-dealkylation sites (tertiary alicyclic amines) is 1. The van der Waals surface area contributed by atoms with Crippen molar-refractivity contribution in [2.75, 3.05) is 19.6 Å². The van der Waals surface area contributed by atoms with Gasteiger partial charge in [0.2, 0.25) is 5.82 Å². The monoisotopic (exact) mass is 380 g/mol. The lowest BCUT2D eigenvalue weighted by Gasteiger charge is -2.44. The first-order valence-corrected chi connectivity index (χ1v) is 10.5. The van der Waals surface area contributed by atoms with Crippen LogP contribution in [-0.4, -0.2) is 50.2 Å². The largest absolute Gasteiger partial charge is 0.349 e. The Balaban J connectivity index is 1.23. The van der Waals surface area contributed by atoms with Crippen LogP contribution in [0.15, 0.2) is 24.5 Å². The predicted molar refractivity (Wildman–Crippen MR) is 105 cm³/mol. The minimum Gasteiger partial charge on any atom is -0.349 e. The summed E-state index contributed by atoms with van der Waals surface area (Å²) < 4.78 is 2.10. The third kappa shape index (κ3) is 3.68. The molecule has 3 aliphatic rings. The molecule has 2 fully saturated rings. The number of hydrogen-bond donors (Lipinski definition) is 1. The van der Waals surface area contributed by atoms with Gasteiger partial charge in [0.15, 0.2) is 0 Å². The summed E-state index contributed by atoms with van der Waals surface area (Å²) in [4.78, 5) is 19.2. The minimum atomic E-state index is -0.0576. The van der Waals surface area contributed by atoms with Crippen molar-refractivity contribution in [2.45, 2.75) is 51.6 Å². The number of hydrogen-bond acceptors (Lipinski definition) is 5. The summed E-state index contributed by atoms with van der Waals surface area (Å²) in [5, 5.41) is 11.6. The summed E-state index contributed by atoms with van der Waals surface area (Å²) >= 11 is 0. The Morgan fingerprint density at radius 3 is 2.68 bits per heavy atom. The molecule has 1 spiro atoms. The number of rotatable bonds is 5. The smallest absolute Gasteiger partial charge is 0.289 e. The normalized spacial score (nSPS) is 21.4. The Kier molecular flexibility index (Phi) is 4.62. The van der Waals surface area contributed by atoms with Gasteiger partial charge in [-0.15, -0.1) is 10.2 Å². The van der Waals surface area contributed by atoms with Crippen molar-refractivity contribution >= 4 is 5.91 Å². The summed E-state index contributed by atoms with van der Waals surface area (Å²) in [5.41, 5.74) is 1.60. The number of aromatic nitrogens is 4. The molecule has 1 saturated carbocycles. The van der Waals surface area contributed by atoms with Gasteiger partial charge in [-0.2, -0.15) is 0 Å². The van der Waals surface area contributed by atoms with E-state index in [1.54, 1.807) is 0 Å². The van der Waals surface area contributed by atoms with Crippen LogP contribution >= 0.6 is 0 Å². The SMILES string of the molecule is O=C(NCC1CC1)c1nnc2n1CC1(CC2)CCN(Cc2ccncc2)CC1. The van der Waals surface area contributed by atoms with Crippen LogP contribution in [0.1, 0.15) is 54.1 Å². The fourth-order valence-electron chi connectivity index (χ4n) is 4.62. The van der Waals surface area contributed by atoms with E-state index in [9.17, 15) is 4.79 Å². The zero-order chi connectivity index (χ0) is 19.0. The first-order chi connectivity index (χ1) is 13.7. The number of carbonyl (C=O) groups excluding carboxylic acids is 1. The van der Waals surface area contributed by atoms with Crippen LogP contribution in [0.25, 0.3) is 0 Å². The molecule has 7 nitrogen and oxygen atoms in total. The third-order valence-corrected chi connectivity index (χ3v) is 6.72. The molecular weight excluding hydrogens is 352 g/mol. The van der Waals surface area contributed by atoms with Crippen molar-refractivity contribution in [2.24, 2.45) is 11.3 Å². The number of fused-ring (bicyclic) bond motifs is 1. The molecule has 0 atom stereocenters. The molecule has 28 heavy (non-hydrogen) atoms. The molecule has 0 radical (unpaired) electrons. The number of amides is 1. The van der Waals surface area contributed by atoms with E-state index in [2.05, 4.69) is 42.1 Å². The first kappa shape index (κ1) is 17.8. The summed E-state index contributed by atoms with van der Waals surface area (Å²) in [6.45, 7) is 4.85. The van der Waals surface area contributed by atoms with Gasteiger partial charge < -0.3 is 9.88 Å². The summed E-state index contributed by atoms with van der Waals surface area (Å²) in [5.74, 6) is 2.09. The lowest BCUT2D eigenvalue weighted by atomic mass is 9.73. The third-order valence-electron chi connectivity index (χ3n) is 6.72. The van der Waals surface area contributed by atoms with Crippen molar-refractivity contribution < 1.29 is 4.79 Å². The second-order valence-corrected chi connectivity index (χ2v) is 8.81. The van der Waals surface area contributed by atoms with Crippen LogP contribution in [0.2, 0.25) is 0 Å². The minimum absolute atomic E-state index is 0.0576. The van der Waals surface area contributed by atoms with Gasteiger partial charge in [0.1, 0.15) is 5.82 Å². The van der Waals surface area contributed by atoms with Crippen molar-refractivity contribution in [3.63, 3.8) is 0 Å². The number of piperidine rings is 1. The summed E-state index contributed by atoms with van der Waals surface area (Å²) in [6.07, 6.45) is 10.6. The molecule has 7 heteroatoms. The molecule has 0 aromatic carbocycles. The van der Waals surface area contributed by atoms with E-state index in [0.717, 1.165) is 51.4 Å². The average Bonchev–Trinajstić information content (AvgIpc) is 3.47. The molecule has 0 bridgehead atoms. The van der Waals surface area contributed by atoms with E-state index in [-0.39, 0.29) is 11.3 Å². The number of nitrogens with one attached hydrogen (secondary N) is 1. The zero-order valence-electron chi connectivity index (χ0n) is 16.3. The lowest BCUT2D eigenvalue weighted by molar-refractivity contribution is 0.0618. The Hall–Kier alpha value is -2.28. The van der Waals surface area contributed by atoms with Gasteiger partial charge in [-0.05, 0) is 74.2 Å². The zero-order valence-corrected chi connectivity index (χ0v) is 16.3. The van der Waals surface area contributed by atoms with Crippen LogP contribution in [-0.2, 0) is 19.5 Å². The molecule has 5 rings (SSSR count). The van der Waals surface area contributed by atoms with E-state index in [4.69, 9.17) is 0 Å². The van der Waals surface area contributed by atoms with Gasteiger partial charge in [0.25, 0.3) is 5.91 Å². The molecule has 1 aliphatic carbocycles. The van der Waals surface area contributed by atoms with E-state index in [1.807, 2.05) is 12.4 Å². The van der Waals surface area contributed by atoms with Gasteiger partial charge >= 0.3 is 0 Å². The van der Waals surface area contributed by atoms with Gasteiger partial charge in [-0.3, -0.25) is 14.7 Å². The van der Waals surface area contributed by atoms with Crippen molar-refractivity contribution in [3.8, 4) is 0 Å². The molecule has 0 unspecified atom stereocenters. The molecule has 1 saturated heterocycles. The van der Waals surface area contributed by atoms with Gasteiger partial charge in [-0.1, -0.05) is 0 Å². The maximum Gasteiger partial charge on any atom is 0.289 e. The lowest BCUT2D eigenvalue weighted by Crippen LogP contribution is -2.44. The fraction of sp³-hybridized carbons (Fsp3) is 0.619. The molecule has 2 aromatic rings. The first-order valence-electron chi connectivity index (χ1n) is 10.5. The highest BCUT2D eigenvalue weighted by atomic mass is 16.2. The topological polar surface area (TPSA) is 75.9 Å². The average molecular weight is 380 g/mol. The Labute approximate surface area is 165 Å². The number of nitrogens with zero attached hydrogens (tertiary/aromatic N) is 5. The van der Waals surface area contributed by atoms with E-state index >= 15 is 0 Å². The maximum absolute atomic E-state index is 12.6. The summed E-state index contributed by atoms with van der Waals surface area (Å²) in [7, 11) is 0. The second kappa shape index (κ2) is 7.28. The van der Waals surface area contributed by atoms with Crippen LogP contribution in [0.4, 0.5) is 0 Å². The van der Waals surface area contributed by atoms with Crippen LogP contribution in [0, 0.1) is 11.3 Å². The van der Waals surface area contributed by atoms with Crippen molar-refractivity contribution in [3.05, 3.63) is 41.7 Å². The standard InChI is InChI=1S/C21H28N6O/c28-20(23-13-16-1-2-16)19-25-24-18-3-6-21(15-27(18)19)7-11-26(12-8-21)14-17-4-9-22-10-5-17/h4-5,9-10,16H,1-3,6-8,11-15H2,(H,23,28). The maximum atomic E-state index is 12.6. The van der Waals surface area contributed by atoms with Gasteiger partial charge in [-0.25, -0.2) is 0 Å². The van der Waals surface area contributed by atoms with E-state index in [1.165, 1.54) is 31.2 Å². The highest BCUT2D eigenvalue weighted by Gasteiger charge is 2.40. The predicted octanol–water partition coefficient (Wildman–Crippen LogP) is 2.04. The molecule has 1 amide bonds. The highest BCUT2D eigenvalue weighted by molar-refractivity contribution is 5.90. The molecule has 4 heterocycles. The highest BCUT2D eigenvalue weighted by Crippen LogP contribution is 2.41. The van der Waals surface area contributed by atoms with Crippen LogP contribution in [0.5, 0.6) is 0 Å². The number of aryl methyl sites for hydroxylation is 1. The molecular formula is C21H28N6O. The number of carbonyl (C=O) groups is 1. The Bertz CT molecular complexity index is 836. The molecule has 2 aromatic heterocycles. The quantitative estimate of drug-likeness (QED) is 0.859. The van der Waals surface area contributed by atoms with Crippen molar-refractivity contribution in [1.29, 1.82) is 0 Å². The van der Waals surface area contributed by atoms with E-state index < -0.39 is 0 Å². The van der Waals surface area contributed by atoms with Gasteiger partial charge in [0, 0.05) is 38.4 Å². The van der Waals surface area contributed by atoms with Gasteiger partial charge in [0.05, 0.1) is 0 Å². The molecule has 148 valence electrons. The number of pyridine rings is 1. The second-order valence-electron chi connectivity index (χ2n) is 8.81. The molecule has 2 aliphatic heterocycles. The van der Waals surface area contributed by atoms with E-state index in [0.29, 0.717) is 11.7 Å². The Morgan fingerprint density at radius 2 is 1.93 bits per heavy atom. The molecule has 1 N–H and O–H groups in total. The van der Waals surface area contributed by atoms with Crippen LogP contribution in [0.3, 0.4) is 0 Å².